The number of nitrogens with one attached hydrogen (secondary N) is 2. The van der Waals surface area contributed by atoms with Gasteiger partial charge in [-0.1, -0.05) is 6.07 Å². The predicted octanol–water partition coefficient (Wildman–Crippen LogP) is 1.28. The molecule has 0 radical (unpaired) electrons. The summed E-state index contributed by atoms with van der Waals surface area (Å²) < 4.78 is 12.2. The third-order valence-electron chi connectivity index (χ3n) is 3.54. The summed E-state index contributed by atoms with van der Waals surface area (Å²) >= 11 is 0. The van der Waals surface area contributed by atoms with E-state index in [1.54, 1.807) is 14.2 Å². The molecule has 7 heteroatoms. The maximum absolute atomic E-state index is 7.64. The van der Waals surface area contributed by atoms with Crippen LogP contribution in [-0.4, -0.2) is 36.5 Å². The van der Waals surface area contributed by atoms with Crippen LogP contribution in [0.5, 0.6) is 11.5 Å². The van der Waals surface area contributed by atoms with Gasteiger partial charge in [0.25, 0.3) is 0 Å². The molecule has 0 saturated carbocycles. The lowest BCUT2D eigenvalue weighted by molar-refractivity contribution is 0.356. The van der Waals surface area contributed by atoms with Gasteiger partial charge in [-0.05, 0) is 18.6 Å². The normalized spacial score (nSPS) is 12.7. The first-order valence-corrected chi connectivity index (χ1v) is 6.59. The van der Waals surface area contributed by atoms with Crippen LogP contribution in [0.4, 0.5) is 5.82 Å². The number of methoxy groups -OCH3 is 2. The van der Waals surface area contributed by atoms with Gasteiger partial charge in [0, 0.05) is 17.7 Å². The Balaban J connectivity index is 2.22. The molecule has 21 heavy (non-hydrogen) atoms. The summed E-state index contributed by atoms with van der Waals surface area (Å²) in [5.74, 6) is 1.94. The van der Waals surface area contributed by atoms with Crippen LogP contribution in [0.25, 0.3) is 11.3 Å². The second-order valence-electron chi connectivity index (χ2n) is 4.69. The smallest absolute Gasteiger partial charge is 0.215 e. The highest BCUT2D eigenvalue weighted by molar-refractivity contribution is 5.86. The van der Waals surface area contributed by atoms with Crippen LogP contribution in [0, 0.1) is 5.41 Å². The van der Waals surface area contributed by atoms with Crippen molar-refractivity contribution in [2.24, 2.45) is 5.73 Å². The van der Waals surface area contributed by atoms with Crippen LogP contribution in [0.3, 0.4) is 0 Å². The van der Waals surface area contributed by atoms with Crippen molar-refractivity contribution in [3.8, 4) is 22.8 Å². The van der Waals surface area contributed by atoms with Gasteiger partial charge in [0.15, 0.2) is 11.5 Å². The van der Waals surface area contributed by atoms with Gasteiger partial charge in [-0.2, -0.15) is 9.78 Å². The SMILES string of the molecule is COc1cccc(-c2nn(C(=N)N)c3c2CCN3)c1OC. The fraction of sp³-hybridized carbons (Fsp3) is 0.286. The van der Waals surface area contributed by atoms with Crippen LogP contribution in [0.15, 0.2) is 18.2 Å². The Kier molecular flexibility index (Phi) is 3.17. The van der Waals surface area contributed by atoms with E-state index in [1.165, 1.54) is 4.68 Å². The van der Waals surface area contributed by atoms with Gasteiger partial charge >= 0.3 is 0 Å². The fourth-order valence-corrected chi connectivity index (χ4v) is 2.64. The molecule has 7 nitrogen and oxygen atoms in total. The lowest BCUT2D eigenvalue weighted by atomic mass is 10.1. The molecule has 2 aromatic rings. The van der Waals surface area contributed by atoms with Crippen molar-refractivity contribution in [1.29, 1.82) is 5.41 Å². The second-order valence-corrected chi connectivity index (χ2v) is 4.69. The van der Waals surface area contributed by atoms with E-state index in [-0.39, 0.29) is 5.96 Å². The van der Waals surface area contributed by atoms with E-state index in [0.717, 1.165) is 35.6 Å². The van der Waals surface area contributed by atoms with Crippen molar-refractivity contribution in [2.75, 3.05) is 26.1 Å². The number of ether oxygens (including phenoxy) is 2. The Labute approximate surface area is 122 Å². The standard InChI is InChI=1S/C14H17N5O2/c1-20-10-5-3-4-8(12(10)21-2)11-9-6-7-17-13(9)19(18-11)14(15)16/h3-5,17H,6-7H2,1-2H3,(H3,15,16). The quantitative estimate of drug-likeness (QED) is 0.583. The first kappa shape index (κ1) is 13.3. The zero-order valence-electron chi connectivity index (χ0n) is 11.9. The van der Waals surface area contributed by atoms with Gasteiger partial charge in [-0.25, -0.2) is 0 Å². The lowest BCUT2D eigenvalue weighted by Crippen LogP contribution is -2.23. The molecule has 1 aromatic heterocycles. The summed E-state index contributed by atoms with van der Waals surface area (Å²) in [4.78, 5) is 0. The van der Waals surface area contributed by atoms with Crippen LogP contribution in [-0.2, 0) is 6.42 Å². The Morgan fingerprint density at radius 3 is 2.86 bits per heavy atom. The van der Waals surface area contributed by atoms with Gasteiger partial charge in [0.1, 0.15) is 11.5 Å². The van der Waals surface area contributed by atoms with E-state index in [2.05, 4.69) is 10.4 Å². The molecule has 0 saturated heterocycles. The number of benzene rings is 1. The first-order valence-electron chi connectivity index (χ1n) is 6.59. The van der Waals surface area contributed by atoms with Gasteiger partial charge in [0.05, 0.1) is 14.2 Å². The topological polar surface area (TPSA) is 98.2 Å². The molecule has 2 heterocycles. The van der Waals surface area contributed by atoms with E-state index in [1.807, 2.05) is 18.2 Å². The molecule has 0 spiro atoms. The number of para-hydroxylation sites is 1. The summed E-state index contributed by atoms with van der Waals surface area (Å²) in [6, 6.07) is 5.65. The molecule has 110 valence electrons. The van der Waals surface area contributed by atoms with Crippen molar-refractivity contribution in [3.05, 3.63) is 23.8 Å². The second kappa shape index (κ2) is 5.01. The van der Waals surface area contributed by atoms with Crippen molar-refractivity contribution >= 4 is 11.8 Å². The fourth-order valence-electron chi connectivity index (χ4n) is 2.64. The van der Waals surface area contributed by atoms with Crippen LogP contribution in [0.1, 0.15) is 5.56 Å². The van der Waals surface area contributed by atoms with Gasteiger partial charge in [-0.15, -0.1) is 0 Å². The maximum atomic E-state index is 7.64. The van der Waals surface area contributed by atoms with Gasteiger partial charge < -0.3 is 20.5 Å². The summed E-state index contributed by atoms with van der Waals surface area (Å²) in [7, 11) is 3.20. The van der Waals surface area contributed by atoms with Crippen LogP contribution >= 0.6 is 0 Å². The van der Waals surface area contributed by atoms with Crippen LogP contribution < -0.4 is 20.5 Å². The monoisotopic (exact) mass is 287 g/mol. The van der Waals surface area contributed by atoms with E-state index in [0.29, 0.717) is 11.5 Å². The number of rotatable bonds is 3. The highest BCUT2D eigenvalue weighted by atomic mass is 16.5. The molecule has 1 aromatic carbocycles. The minimum absolute atomic E-state index is 0.117. The molecule has 0 aliphatic carbocycles. The molecule has 0 atom stereocenters. The number of aromatic nitrogens is 2. The molecule has 0 amide bonds. The van der Waals surface area contributed by atoms with E-state index in [4.69, 9.17) is 20.6 Å². The Morgan fingerprint density at radius 1 is 1.38 bits per heavy atom. The average molecular weight is 287 g/mol. The predicted molar refractivity (Wildman–Crippen MR) is 80.3 cm³/mol. The number of fused-ring (bicyclic) bond motifs is 1. The minimum atomic E-state index is -0.117. The number of nitrogens with zero attached hydrogens (tertiary/aromatic N) is 2. The number of hydrogen-bond donors (Lipinski definition) is 3. The van der Waals surface area contributed by atoms with Crippen molar-refractivity contribution < 1.29 is 9.47 Å². The lowest BCUT2D eigenvalue weighted by Gasteiger charge is -2.11. The van der Waals surface area contributed by atoms with Crippen LogP contribution in [0.2, 0.25) is 0 Å². The number of nitrogens with two attached hydrogens (primary N) is 1. The Hall–Kier alpha value is -2.70. The van der Waals surface area contributed by atoms with Gasteiger partial charge in [-0.3, -0.25) is 5.41 Å². The number of anilines is 1. The summed E-state index contributed by atoms with van der Waals surface area (Å²) in [5, 5.41) is 15.3. The molecular formula is C14H17N5O2. The van der Waals surface area contributed by atoms with Crippen molar-refractivity contribution in [2.45, 2.75) is 6.42 Å². The minimum Gasteiger partial charge on any atom is -0.493 e. The number of nitrogen functional groups attached to an aromatic ring is 1. The Morgan fingerprint density at radius 2 is 2.19 bits per heavy atom. The Bertz CT molecular complexity index is 708. The molecule has 0 bridgehead atoms. The molecule has 3 rings (SSSR count). The molecular weight excluding hydrogens is 270 g/mol. The summed E-state index contributed by atoms with van der Waals surface area (Å²) in [5.41, 5.74) is 8.23. The van der Waals surface area contributed by atoms with Gasteiger partial charge in [0.2, 0.25) is 5.96 Å². The highest BCUT2D eigenvalue weighted by Crippen LogP contribution is 2.41. The third kappa shape index (κ3) is 1.97. The molecule has 1 aliphatic heterocycles. The molecule has 0 unspecified atom stereocenters. The van der Waals surface area contributed by atoms with E-state index in [9.17, 15) is 0 Å². The molecule has 4 N–H and O–H groups in total. The summed E-state index contributed by atoms with van der Waals surface area (Å²) in [6.45, 7) is 0.805. The van der Waals surface area contributed by atoms with Crippen molar-refractivity contribution in [1.82, 2.24) is 9.78 Å². The van der Waals surface area contributed by atoms with Crippen molar-refractivity contribution in [3.63, 3.8) is 0 Å². The van der Waals surface area contributed by atoms with E-state index < -0.39 is 0 Å². The average Bonchev–Trinajstić information content (AvgIpc) is 3.07. The number of hydrogen-bond acceptors (Lipinski definition) is 5. The third-order valence-corrected chi connectivity index (χ3v) is 3.54. The first-order chi connectivity index (χ1) is 10.2. The molecule has 1 aliphatic rings. The summed E-state index contributed by atoms with van der Waals surface area (Å²) in [6.07, 6.45) is 0.832. The van der Waals surface area contributed by atoms with E-state index >= 15 is 0 Å². The zero-order chi connectivity index (χ0) is 15.0. The maximum Gasteiger partial charge on any atom is 0.215 e. The zero-order valence-corrected chi connectivity index (χ0v) is 11.9. The molecule has 0 fully saturated rings. The highest BCUT2D eigenvalue weighted by Gasteiger charge is 2.26. The largest absolute Gasteiger partial charge is 0.493 e.